The third kappa shape index (κ3) is 3.26. The van der Waals surface area contributed by atoms with Crippen LogP contribution in [0.4, 0.5) is 0 Å². The van der Waals surface area contributed by atoms with E-state index in [1.54, 1.807) is 32.5 Å². The summed E-state index contributed by atoms with van der Waals surface area (Å²) in [5.74, 6) is 1.22. The summed E-state index contributed by atoms with van der Waals surface area (Å²) in [5, 5.41) is 13.1. The first kappa shape index (κ1) is 14.3. The molecule has 0 spiro atoms. The highest BCUT2D eigenvalue weighted by molar-refractivity contribution is 9.10. The zero-order valence-corrected chi connectivity index (χ0v) is 13.0. The van der Waals surface area contributed by atoms with Gasteiger partial charge in [-0.2, -0.15) is 0 Å². The van der Waals surface area contributed by atoms with Gasteiger partial charge in [0.2, 0.25) is 0 Å². The SMILES string of the molecule is COc1cc(Br)c(C(O)Cc2nccs2)cc1OC. The maximum atomic E-state index is 10.3. The largest absolute Gasteiger partial charge is 0.493 e. The van der Waals surface area contributed by atoms with Crippen LogP contribution in [0, 0.1) is 0 Å². The van der Waals surface area contributed by atoms with Crippen LogP contribution in [0.1, 0.15) is 16.7 Å². The number of nitrogens with zero attached hydrogens (tertiary/aromatic N) is 1. The van der Waals surface area contributed by atoms with Crippen LogP contribution in [-0.2, 0) is 6.42 Å². The standard InChI is InChI=1S/C13H14BrNO3S/c1-17-11-5-8(9(14)6-12(11)18-2)10(16)7-13-15-3-4-19-13/h3-6,10,16H,7H2,1-2H3. The Morgan fingerprint density at radius 1 is 1.32 bits per heavy atom. The van der Waals surface area contributed by atoms with Crippen molar-refractivity contribution < 1.29 is 14.6 Å². The number of aliphatic hydroxyl groups excluding tert-OH is 1. The van der Waals surface area contributed by atoms with Gasteiger partial charge in [-0.15, -0.1) is 11.3 Å². The molecule has 0 bridgehead atoms. The molecule has 4 nitrogen and oxygen atoms in total. The maximum Gasteiger partial charge on any atom is 0.161 e. The smallest absolute Gasteiger partial charge is 0.161 e. The van der Waals surface area contributed by atoms with Crippen LogP contribution in [-0.4, -0.2) is 24.3 Å². The molecule has 0 saturated carbocycles. The molecule has 0 fully saturated rings. The number of aliphatic hydroxyl groups is 1. The second kappa shape index (κ2) is 6.36. The third-order valence-corrected chi connectivity index (χ3v) is 4.20. The lowest BCUT2D eigenvalue weighted by molar-refractivity contribution is 0.177. The van der Waals surface area contributed by atoms with E-state index in [1.165, 1.54) is 11.3 Å². The molecule has 0 aliphatic carbocycles. The lowest BCUT2D eigenvalue weighted by atomic mass is 10.1. The fraction of sp³-hybridized carbons (Fsp3) is 0.308. The fourth-order valence-corrected chi connectivity index (χ4v) is 3.00. The molecular weight excluding hydrogens is 330 g/mol. The van der Waals surface area contributed by atoms with Crippen molar-refractivity contribution in [1.82, 2.24) is 4.98 Å². The van der Waals surface area contributed by atoms with Crippen LogP contribution >= 0.6 is 27.3 Å². The highest BCUT2D eigenvalue weighted by Crippen LogP contribution is 2.36. The molecular formula is C13H14BrNO3S. The van der Waals surface area contributed by atoms with Crippen molar-refractivity contribution in [2.24, 2.45) is 0 Å². The zero-order valence-electron chi connectivity index (χ0n) is 10.6. The molecule has 1 heterocycles. The first-order valence-corrected chi connectivity index (χ1v) is 7.30. The minimum Gasteiger partial charge on any atom is -0.493 e. The van der Waals surface area contributed by atoms with E-state index < -0.39 is 6.10 Å². The van der Waals surface area contributed by atoms with Crippen LogP contribution in [0.25, 0.3) is 0 Å². The van der Waals surface area contributed by atoms with Gasteiger partial charge in [0.25, 0.3) is 0 Å². The first-order chi connectivity index (χ1) is 9.15. The van der Waals surface area contributed by atoms with Gasteiger partial charge >= 0.3 is 0 Å². The molecule has 0 aliphatic heterocycles. The third-order valence-electron chi connectivity index (χ3n) is 2.71. The Kier molecular flexibility index (Phi) is 4.79. The Labute approximate surface area is 124 Å². The summed E-state index contributed by atoms with van der Waals surface area (Å²) < 4.78 is 11.2. The molecule has 2 aromatic rings. The summed E-state index contributed by atoms with van der Waals surface area (Å²) in [4.78, 5) is 4.17. The van der Waals surface area contributed by atoms with Gasteiger partial charge < -0.3 is 14.6 Å². The van der Waals surface area contributed by atoms with Crippen LogP contribution < -0.4 is 9.47 Å². The number of aromatic nitrogens is 1. The average molecular weight is 344 g/mol. The number of halogens is 1. The van der Waals surface area contributed by atoms with E-state index in [-0.39, 0.29) is 0 Å². The number of rotatable bonds is 5. The zero-order chi connectivity index (χ0) is 13.8. The summed E-state index contributed by atoms with van der Waals surface area (Å²) in [5.41, 5.74) is 0.757. The molecule has 1 N–H and O–H groups in total. The van der Waals surface area contributed by atoms with E-state index >= 15 is 0 Å². The highest BCUT2D eigenvalue weighted by atomic mass is 79.9. The van der Waals surface area contributed by atoms with Gasteiger partial charge in [0, 0.05) is 22.5 Å². The maximum absolute atomic E-state index is 10.3. The number of methoxy groups -OCH3 is 2. The van der Waals surface area contributed by atoms with E-state index in [0.29, 0.717) is 17.9 Å². The molecule has 0 radical (unpaired) electrons. The Bertz CT molecular complexity index is 545. The van der Waals surface area contributed by atoms with Gasteiger partial charge in [-0.05, 0) is 17.7 Å². The van der Waals surface area contributed by atoms with Crippen molar-refractivity contribution in [3.05, 3.63) is 38.8 Å². The molecule has 1 aromatic heterocycles. The molecule has 0 aliphatic rings. The van der Waals surface area contributed by atoms with Crippen LogP contribution in [0.5, 0.6) is 11.5 Å². The molecule has 19 heavy (non-hydrogen) atoms. The molecule has 6 heteroatoms. The summed E-state index contributed by atoms with van der Waals surface area (Å²) in [7, 11) is 3.15. The van der Waals surface area contributed by atoms with Crippen molar-refractivity contribution in [3.8, 4) is 11.5 Å². The Balaban J connectivity index is 2.28. The van der Waals surface area contributed by atoms with E-state index in [4.69, 9.17) is 9.47 Å². The fourth-order valence-electron chi connectivity index (χ4n) is 1.75. The second-order valence-corrected chi connectivity index (χ2v) is 5.71. The first-order valence-electron chi connectivity index (χ1n) is 5.63. The average Bonchev–Trinajstić information content (AvgIpc) is 2.90. The van der Waals surface area contributed by atoms with Crippen molar-refractivity contribution in [2.75, 3.05) is 14.2 Å². The molecule has 0 amide bonds. The summed E-state index contributed by atoms with van der Waals surface area (Å²) in [6.45, 7) is 0. The van der Waals surface area contributed by atoms with Crippen molar-refractivity contribution >= 4 is 27.3 Å². The van der Waals surface area contributed by atoms with Crippen LogP contribution in [0.2, 0.25) is 0 Å². The van der Waals surface area contributed by atoms with Crippen LogP contribution in [0.15, 0.2) is 28.2 Å². The quantitative estimate of drug-likeness (QED) is 0.905. The van der Waals surface area contributed by atoms with E-state index in [9.17, 15) is 5.11 Å². The highest BCUT2D eigenvalue weighted by Gasteiger charge is 2.17. The minimum absolute atomic E-state index is 0.478. The summed E-state index contributed by atoms with van der Waals surface area (Å²) in [6.07, 6.45) is 1.57. The van der Waals surface area contributed by atoms with Crippen molar-refractivity contribution in [3.63, 3.8) is 0 Å². The second-order valence-electron chi connectivity index (χ2n) is 3.87. The van der Waals surface area contributed by atoms with Gasteiger partial charge in [-0.1, -0.05) is 15.9 Å². The van der Waals surface area contributed by atoms with E-state index in [1.807, 2.05) is 5.38 Å². The summed E-state index contributed by atoms with van der Waals surface area (Å²) in [6, 6.07) is 3.57. The Morgan fingerprint density at radius 3 is 2.58 bits per heavy atom. The van der Waals surface area contributed by atoms with Gasteiger partial charge in [-0.3, -0.25) is 0 Å². The van der Waals surface area contributed by atoms with E-state index in [2.05, 4.69) is 20.9 Å². The van der Waals surface area contributed by atoms with Crippen LogP contribution in [0.3, 0.4) is 0 Å². The molecule has 0 saturated heterocycles. The van der Waals surface area contributed by atoms with Gasteiger partial charge in [0.05, 0.1) is 25.3 Å². The lowest BCUT2D eigenvalue weighted by Crippen LogP contribution is -2.04. The predicted molar refractivity (Wildman–Crippen MR) is 78.0 cm³/mol. The number of hydrogen-bond acceptors (Lipinski definition) is 5. The Hall–Kier alpha value is -1.11. The molecule has 2 rings (SSSR count). The number of hydrogen-bond donors (Lipinski definition) is 1. The molecule has 1 atom stereocenters. The topological polar surface area (TPSA) is 51.6 Å². The number of ether oxygens (including phenoxy) is 2. The monoisotopic (exact) mass is 343 g/mol. The normalized spacial score (nSPS) is 12.2. The number of thiazole rings is 1. The number of benzene rings is 1. The predicted octanol–water partition coefficient (Wildman–Crippen LogP) is 3.20. The minimum atomic E-state index is -0.639. The molecule has 1 aromatic carbocycles. The van der Waals surface area contributed by atoms with Gasteiger partial charge in [0.1, 0.15) is 0 Å². The van der Waals surface area contributed by atoms with Crippen molar-refractivity contribution in [1.29, 1.82) is 0 Å². The van der Waals surface area contributed by atoms with E-state index in [0.717, 1.165) is 15.0 Å². The van der Waals surface area contributed by atoms with Crippen molar-refractivity contribution in [2.45, 2.75) is 12.5 Å². The van der Waals surface area contributed by atoms with Gasteiger partial charge in [0.15, 0.2) is 11.5 Å². The van der Waals surface area contributed by atoms with Gasteiger partial charge in [-0.25, -0.2) is 4.98 Å². The lowest BCUT2D eigenvalue weighted by Gasteiger charge is -2.15. The molecule has 1 unspecified atom stereocenters. The summed E-state index contributed by atoms with van der Waals surface area (Å²) >= 11 is 4.97. The molecule has 102 valence electrons. The Morgan fingerprint density at radius 2 is 2.00 bits per heavy atom.